The number of carbonyl (C=O) groups excluding carboxylic acids is 1. The van der Waals surface area contributed by atoms with Crippen LogP contribution in [-0.4, -0.2) is 33.7 Å². The second-order valence-corrected chi connectivity index (χ2v) is 4.63. The molecular formula is C14H22O6. The molecule has 6 heteroatoms. The first-order chi connectivity index (χ1) is 9.38. The molecule has 2 N–H and O–H groups in total. The summed E-state index contributed by atoms with van der Waals surface area (Å²) in [6.45, 7) is 5.07. The maximum absolute atomic E-state index is 11.4. The van der Waals surface area contributed by atoms with Crippen molar-refractivity contribution in [1.82, 2.24) is 0 Å². The van der Waals surface area contributed by atoms with Crippen molar-refractivity contribution >= 4 is 17.9 Å². The molecule has 0 rings (SSSR count). The molecular weight excluding hydrogens is 264 g/mol. The predicted octanol–water partition coefficient (Wildman–Crippen LogP) is 2.37. The van der Waals surface area contributed by atoms with E-state index >= 15 is 0 Å². The van der Waals surface area contributed by atoms with E-state index in [4.69, 9.17) is 9.84 Å². The normalized spacial score (nSPS) is 13.2. The Morgan fingerprint density at radius 2 is 1.80 bits per heavy atom. The SMILES string of the molecule is C=CC(=O)OC(CCC)(CCCCCC(=O)O)C(=O)O. The van der Waals surface area contributed by atoms with E-state index in [1.165, 1.54) is 0 Å². The summed E-state index contributed by atoms with van der Waals surface area (Å²) in [4.78, 5) is 33.1. The molecule has 0 aliphatic rings. The van der Waals surface area contributed by atoms with Crippen molar-refractivity contribution in [2.75, 3.05) is 0 Å². The number of ether oxygens (including phenoxy) is 1. The molecule has 0 aliphatic carbocycles. The number of aliphatic carboxylic acids is 2. The Bertz CT molecular complexity index is 363. The highest BCUT2D eigenvalue weighted by Gasteiger charge is 2.40. The zero-order valence-electron chi connectivity index (χ0n) is 11.8. The van der Waals surface area contributed by atoms with Gasteiger partial charge in [0.15, 0.2) is 0 Å². The van der Waals surface area contributed by atoms with Crippen LogP contribution in [0.1, 0.15) is 51.9 Å². The number of unbranched alkanes of at least 4 members (excludes halogenated alkanes) is 2. The minimum Gasteiger partial charge on any atom is -0.481 e. The lowest BCUT2D eigenvalue weighted by molar-refractivity contribution is -0.177. The van der Waals surface area contributed by atoms with Crippen molar-refractivity contribution in [3.8, 4) is 0 Å². The maximum Gasteiger partial charge on any atom is 0.348 e. The Morgan fingerprint density at radius 1 is 1.15 bits per heavy atom. The van der Waals surface area contributed by atoms with Crippen molar-refractivity contribution < 1.29 is 29.3 Å². The fourth-order valence-corrected chi connectivity index (χ4v) is 1.99. The highest BCUT2D eigenvalue weighted by atomic mass is 16.6. The third kappa shape index (κ3) is 6.36. The molecule has 0 fully saturated rings. The van der Waals surface area contributed by atoms with Gasteiger partial charge in [0.25, 0.3) is 0 Å². The summed E-state index contributed by atoms with van der Waals surface area (Å²) in [5.74, 6) is -2.81. The molecule has 0 bridgehead atoms. The first-order valence-electron chi connectivity index (χ1n) is 6.68. The van der Waals surface area contributed by atoms with Gasteiger partial charge < -0.3 is 14.9 Å². The Kier molecular flexibility index (Phi) is 8.27. The highest BCUT2D eigenvalue weighted by molar-refractivity contribution is 5.86. The zero-order chi connectivity index (χ0) is 15.6. The third-order valence-corrected chi connectivity index (χ3v) is 2.98. The van der Waals surface area contributed by atoms with Gasteiger partial charge in [0.1, 0.15) is 0 Å². The quantitative estimate of drug-likeness (QED) is 0.343. The molecule has 1 unspecified atom stereocenters. The summed E-state index contributed by atoms with van der Waals surface area (Å²) in [5.41, 5.74) is -1.54. The van der Waals surface area contributed by atoms with Crippen LogP contribution in [0, 0.1) is 0 Å². The van der Waals surface area contributed by atoms with Gasteiger partial charge >= 0.3 is 17.9 Å². The van der Waals surface area contributed by atoms with E-state index in [1.807, 2.05) is 6.92 Å². The van der Waals surface area contributed by atoms with E-state index in [0.717, 1.165) is 6.08 Å². The average molecular weight is 286 g/mol. The van der Waals surface area contributed by atoms with Crippen molar-refractivity contribution in [3.05, 3.63) is 12.7 Å². The van der Waals surface area contributed by atoms with Crippen LogP contribution >= 0.6 is 0 Å². The molecule has 0 saturated carbocycles. The zero-order valence-corrected chi connectivity index (χ0v) is 11.8. The van der Waals surface area contributed by atoms with Crippen LogP contribution in [0.15, 0.2) is 12.7 Å². The van der Waals surface area contributed by atoms with Gasteiger partial charge in [0.2, 0.25) is 5.60 Å². The molecule has 0 spiro atoms. The number of esters is 1. The van der Waals surface area contributed by atoms with E-state index in [-0.39, 0.29) is 19.3 Å². The molecule has 0 aromatic carbocycles. The number of carboxylic acid groups (broad SMARTS) is 2. The molecule has 20 heavy (non-hydrogen) atoms. The van der Waals surface area contributed by atoms with E-state index in [9.17, 15) is 19.5 Å². The first kappa shape index (κ1) is 18.1. The first-order valence-corrected chi connectivity index (χ1v) is 6.68. The van der Waals surface area contributed by atoms with Crippen LogP contribution in [0.25, 0.3) is 0 Å². The lowest BCUT2D eigenvalue weighted by Gasteiger charge is -2.28. The summed E-state index contributed by atoms with van der Waals surface area (Å²) >= 11 is 0. The number of rotatable bonds is 11. The molecule has 0 aromatic rings. The fraction of sp³-hybridized carbons (Fsp3) is 0.643. The van der Waals surface area contributed by atoms with Crippen LogP contribution in [0.2, 0.25) is 0 Å². The number of carboxylic acids is 2. The Balaban J connectivity index is 4.58. The van der Waals surface area contributed by atoms with Gasteiger partial charge in [-0.15, -0.1) is 0 Å². The summed E-state index contributed by atoms with van der Waals surface area (Å²) < 4.78 is 5.04. The van der Waals surface area contributed by atoms with Crippen molar-refractivity contribution in [2.24, 2.45) is 0 Å². The van der Waals surface area contributed by atoms with Gasteiger partial charge in [-0.25, -0.2) is 9.59 Å². The largest absolute Gasteiger partial charge is 0.481 e. The number of hydrogen-bond acceptors (Lipinski definition) is 4. The molecule has 6 nitrogen and oxygen atoms in total. The van der Waals surface area contributed by atoms with E-state index in [2.05, 4.69) is 6.58 Å². The predicted molar refractivity (Wildman–Crippen MR) is 72.3 cm³/mol. The molecule has 0 saturated heterocycles. The third-order valence-electron chi connectivity index (χ3n) is 2.98. The Morgan fingerprint density at radius 3 is 2.25 bits per heavy atom. The van der Waals surface area contributed by atoms with Crippen LogP contribution in [0.3, 0.4) is 0 Å². The van der Waals surface area contributed by atoms with E-state index in [1.54, 1.807) is 0 Å². The van der Waals surface area contributed by atoms with Crippen molar-refractivity contribution in [1.29, 1.82) is 0 Å². The van der Waals surface area contributed by atoms with Crippen LogP contribution < -0.4 is 0 Å². The van der Waals surface area contributed by atoms with Gasteiger partial charge in [-0.05, 0) is 25.7 Å². The van der Waals surface area contributed by atoms with Gasteiger partial charge in [-0.1, -0.05) is 26.3 Å². The van der Waals surface area contributed by atoms with Gasteiger partial charge in [-0.2, -0.15) is 0 Å². The topological polar surface area (TPSA) is 101 Å². The van der Waals surface area contributed by atoms with E-state index < -0.39 is 23.5 Å². The second-order valence-electron chi connectivity index (χ2n) is 4.63. The molecule has 0 heterocycles. The molecule has 0 aliphatic heterocycles. The standard InChI is InChI=1S/C14H22O6/c1-3-9-14(13(18)19,20-12(17)4-2)10-7-5-6-8-11(15)16/h4H,2-3,5-10H2,1H3,(H,15,16)(H,18,19). The Labute approximate surface area is 118 Å². The minimum atomic E-state index is -1.54. The van der Waals surface area contributed by atoms with Crippen molar-refractivity contribution in [2.45, 2.75) is 57.5 Å². The minimum absolute atomic E-state index is 0.0558. The maximum atomic E-state index is 11.4. The molecule has 114 valence electrons. The summed E-state index contributed by atoms with van der Waals surface area (Å²) in [5, 5.41) is 17.9. The van der Waals surface area contributed by atoms with E-state index in [0.29, 0.717) is 25.7 Å². The smallest absolute Gasteiger partial charge is 0.348 e. The molecule has 1 atom stereocenters. The lowest BCUT2D eigenvalue weighted by Crippen LogP contribution is -2.43. The summed E-state index contributed by atoms with van der Waals surface area (Å²) in [6.07, 6.45) is 3.51. The van der Waals surface area contributed by atoms with Crippen LogP contribution in [-0.2, 0) is 19.1 Å². The molecule has 0 radical (unpaired) electrons. The number of carbonyl (C=O) groups is 3. The Hall–Kier alpha value is -1.85. The van der Waals surface area contributed by atoms with Crippen molar-refractivity contribution in [3.63, 3.8) is 0 Å². The highest BCUT2D eigenvalue weighted by Crippen LogP contribution is 2.26. The monoisotopic (exact) mass is 286 g/mol. The average Bonchev–Trinajstić information content (AvgIpc) is 2.37. The molecule has 0 aromatic heterocycles. The second kappa shape index (κ2) is 9.12. The van der Waals surface area contributed by atoms with Gasteiger partial charge in [-0.3, -0.25) is 4.79 Å². The fourth-order valence-electron chi connectivity index (χ4n) is 1.99. The summed E-state index contributed by atoms with van der Waals surface area (Å²) in [7, 11) is 0. The van der Waals surface area contributed by atoms with Crippen LogP contribution in [0.5, 0.6) is 0 Å². The lowest BCUT2D eigenvalue weighted by atomic mass is 9.91. The van der Waals surface area contributed by atoms with Gasteiger partial charge in [0, 0.05) is 12.5 Å². The molecule has 0 amide bonds. The van der Waals surface area contributed by atoms with Crippen LogP contribution in [0.4, 0.5) is 0 Å². The summed E-state index contributed by atoms with van der Waals surface area (Å²) in [6, 6.07) is 0. The number of hydrogen-bond donors (Lipinski definition) is 2. The van der Waals surface area contributed by atoms with Gasteiger partial charge in [0.05, 0.1) is 0 Å².